The predicted octanol–water partition coefficient (Wildman–Crippen LogP) is 2.72. The van der Waals surface area contributed by atoms with Crippen LogP contribution in [0.15, 0.2) is 42.5 Å². The first kappa shape index (κ1) is 14.1. The molecule has 20 heavy (non-hydrogen) atoms. The maximum atomic E-state index is 13.4. The van der Waals surface area contributed by atoms with Gasteiger partial charge in [0.2, 0.25) is 0 Å². The predicted molar refractivity (Wildman–Crippen MR) is 73.5 cm³/mol. The van der Waals surface area contributed by atoms with Crippen LogP contribution in [0.25, 0.3) is 0 Å². The standard InChI is InChI=1S/C15H14F2N2O/c16-12-2-1-3-13(14(12)17)19-15(20)11-6-4-10(5-7-11)8-9-18/h1-7H,8-9,18H2,(H,19,20). The van der Waals surface area contributed by atoms with Crippen molar-refractivity contribution < 1.29 is 13.6 Å². The molecule has 0 radical (unpaired) electrons. The van der Waals surface area contributed by atoms with Gasteiger partial charge in [-0.2, -0.15) is 0 Å². The molecule has 0 atom stereocenters. The van der Waals surface area contributed by atoms with Crippen LogP contribution in [0.5, 0.6) is 0 Å². The average molecular weight is 276 g/mol. The van der Waals surface area contributed by atoms with Crippen LogP contribution >= 0.6 is 0 Å². The normalized spacial score (nSPS) is 10.3. The van der Waals surface area contributed by atoms with Gasteiger partial charge < -0.3 is 11.1 Å². The van der Waals surface area contributed by atoms with E-state index in [1.54, 1.807) is 24.3 Å². The van der Waals surface area contributed by atoms with Crippen LogP contribution in [0.3, 0.4) is 0 Å². The lowest BCUT2D eigenvalue weighted by atomic mass is 10.1. The van der Waals surface area contributed by atoms with Crippen molar-refractivity contribution in [2.24, 2.45) is 5.73 Å². The van der Waals surface area contributed by atoms with Gasteiger partial charge in [0.15, 0.2) is 11.6 Å². The number of hydrogen-bond donors (Lipinski definition) is 2. The fourth-order valence-electron chi connectivity index (χ4n) is 1.78. The molecule has 0 saturated carbocycles. The molecule has 5 heteroatoms. The van der Waals surface area contributed by atoms with Gasteiger partial charge in [0.1, 0.15) is 0 Å². The molecule has 0 aliphatic heterocycles. The number of hydrogen-bond acceptors (Lipinski definition) is 2. The average Bonchev–Trinajstić information content (AvgIpc) is 2.45. The number of rotatable bonds is 4. The molecule has 0 spiro atoms. The van der Waals surface area contributed by atoms with Crippen LogP contribution in [0.1, 0.15) is 15.9 Å². The zero-order chi connectivity index (χ0) is 14.5. The van der Waals surface area contributed by atoms with E-state index in [0.717, 1.165) is 18.1 Å². The molecule has 3 N–H and O–H groups in total. The Hall–Kier alpha value is -2.27. The fraction of sp³-hybridized carbons (Fsp3) is 0.133. The molecule has 0 bridgehead atoms. The molecule has 0 fully saturated rings. The fourth-order valence-corrected chi connectivity index (χ4v) is 1.78. The van der Waals surface area contributed by atoms with Crippen LogP contribution in [-0.4, -0.2) is 12.5 Å². The van der Waals surface area contributed by atoms with E-state index in [1.165, 1.54) is 12.1 Å². The van der Waals surface area contributed by atoms with Crippen molar-refractivity contribution in [3.8, 4) is 0 Å². The molecule has 2 rings (SSSR count). The Morgan fingerprint density at radius 2 is 1.80 bits per heavy atom. The molecule has 0 aliphatic carbocycles. The summed E-state index contributed by atoms with van der Waals surface area (Å²) < 4.78 is 26.5. The second-order valence-corrected chi connectivity index (χ2v) is 4.29. The third-order valence-electron chi connectivity index (χ3n) is 2.85. The molecular weight excluding hydrogens is 262 g/mol. The van der Waals surface area contributed by atoms with E-state index < -0.39 is 17.5 Å². The number of amides is 1. The smallest absolute Gasteiger partial charge is 0.255 e. The van der Waals surface area contributed by atoms with Gasteiger partial charge in [0.05, 0.1) is 5.69 Å². The first-order chi connectivity index (χ1) is 9.61. The molecule has 0 aliphatic rings. The van der Waals surface area contributed by atoms with Gasteiger partial charge in [-0.3, -0.25) is 4.79 Å². The molecule has 104 valence electrons. The molecule has 0 saturated heterocycles. The highest BCUT2D eigenvalue weighted by Gasteiger charge is 2.11. The zero-order valence-corrected chi connectivity index (χ0v) is 10.7. The number of halogens is 2. The molecule has 0 unspecified atom stereocenters. The van der Waals surface area contributed by atoms with Gasteiger partial charge in [-0.1, -0.05) is 18.2 Å². The van der Waals surface area contributed by atoms with Crippen molar-refractivity contribution in [3.05, 3.63) is 65.2 Å². The van der Waals surface area contributed by atoms with Gasteiger partial charge in [0, 0.05) is 5.56 Å². The van der Waals surface area contributed by atoms with Crippen LogP contribution < -0.4 is 11.1 Å². The number of nitrogens with one attached hydrogen (secondary N) is 1. The Labute approximate surface area is 115 Å². The Morgan fingerprint density at radius 1 is 1.10 bits per heavy atom. The Kier molecular flexibility index (Phi) is 4.42. The topological polar surface area (TPSA) is 55.1 Å². The number of carbonyl (C=O) groups is 1. The van der Waals surface area contributed by atoms with Gasteiger partial charge in [-0.25, -0.2) is 8.78 Å². The number of nitrogens with two attached hydrogens (primary N) is 1. The second kappa shape index (κ2) is 6.25. The minimum atomic E-state index is -1.07. The van der Waals surface area contributed by atoms with Crippen molar-refractivity contribution >= 4 is 11.6 Å². The number of benzene rings is 2. The summed E-state index contributed by atoms with van der Waals surface area (Å²) in [4.78, 5) is 11.9. The third-order valence-corrected chi connectivity index (χ3v) is 2.85. The third kappa shape index (κ3) is 3.19. The minimum Gasteiger partial charge on any atom is -0.330 e. The first-order valence-corrected chi connectivity index (χ1v) is 6.16. The Morgan fingerprint density at radius 3 is 2.45 bits per heavy atom. The van der Waals surface area contributed by atoms with Crippen molar-refractivity contribution in [1.82, 2.24) is 0 Å². The highest BCUT2D eigenvalue weighted by Crippen LogP contribution is 2.17. The SMILES string of the molecule is NCCc1ccc(C(=O)Nc2cccc(F)c2F)cc1. The van der Waals surface area contributed by atoms with Crippen LogP contribution in [0, 0.1) is 11.6 Å². The lowest BCUT2D eigenvalue weighted by molar-refractivity contribution is 0.102. The zero-order valence-electron chi connectivity index (χ0n) is 10.7. The maximum absolute atomic E-state index is 13.4. The second-order valence-electron chi connectivity index (χ2n) is 4.29. The van der Waals surface area contributed by atoms with Gasteiger partial charge >= 0.3 is 0 Å². The van der Waals surface area contributed by atoms with E-state index in [0.29, 0.717) is 12.1 Å². The highest BCUT2D eigenvalue weighted by atomic mass is 19.2. The molecule has 0 aromatic heterocycles. The lowest BCUT2D eigenvalue weighted by Gasteiger charge is -2.07. The first-order valence-electron chi connectivity index (χ1n) is 6.16. The summed E-state index contributed by atoms with van der Waals surface area (Å²) in [6.45, 7) is 0.528. The van der Waals surface area contributed by atoms with Crippen LogP contribution in [0.2, 0.25) is 0 Å². The van der Waals surface area contributed by atoms with Crippen LogP contribution in [-0.2, 0) is 6.42 Å². The number of anilines is 1. The van der Waals surface area contributed by atoms with Gasteiger partial charge in [0.25, 0.3) is 5.91 Å². The molecule has 3 nitrogen and oxygen atoms in total. The summed E-state index contributed by atoms with van der Waals surface area (Å²) in [5, 5.41) is 2.34. The summed E-state index contributed by atoms with van der Waals surface area (Å²) in [5.74, 6) is -2.56. The van der Waals surface area contributed by atoms with E-state index in [9.17, 15) is 13.6 Å². The molecule has 0 heterocycles. The Bertz CT molecular complexity index is 612. The highest BCUT2D eigenvalue weighted by molar-refractivity contribution is 6.04. The molecular formula is C15H14F2N2O. The van der Waals surface area contributed by atoms with E-state index in [-0.39, 0.29) is 5.69 Å². The monoisotopic (exact) mass is 276 g/mol. The lowest BCUT2D eigenvalue weighted by Crippen LogP contribution is -2.13. The molecule has 2 aromatic carbocycles. The number of carbonyl (C=O) groups excluding carboxylic acids is 1. The van der Waals surface area contributed by atoms with E-state index in [2.05, 4.69) is 5.32 Å². The summed E-state index contributed by atoms with van der Waals surface area (Å²) in [7, 11) is 0. The Balaban J connectivity index is 2.13. The van der Waals surface area contributed by atoms with Crippen molar-refractivity contribution in [2.75, 3.05) is 11.9 Å². The summed E-state index contributed by atoms with van der Waals surface area (Å²) >= 11 is 0. The van der Waals surface area contributed by atoms with E-state index in [1.807, 2.05) is 0 Å². The molecule has 2 aromatic rings. The van der Waals surface area contributed by atoms with Gasteiger partial charge in [-0.15, -0.1) is 0 Å². The minimum absolute atomic E-state index is 0.180. The van der Waals surface area contributed by atoms with Crippen molar-refractivity contribution in [1.29, 1.82) is 0 Å². The summed E-state index contributed by atoms with van der Waals surface area (Å²) in [5.41, 5.74) is 6.64. The van der Waals surface area contributed by atoms with Crippen molar-refractivity contribution in [2.45, 2.75) is 6.42 Å². The van der Waals surface area contributed by atoms with Gasteiger partial charge in [-0.05, 0) is 42.8 Å². The van der Waals surface area contributed by atoms with E-state index >= 15 is 0 Å². The largest absolute Gasteiger partial charge is 0.330 e. The van der Waals surface area contributed by atoms with Crippen LogP contribution in [0.4, 0.5) is 14.5 Å². The summed E-state index contributed by atoms with van der Waals surface area (Å²) in [6, 6.07) is 10.4. The van der Waals surface area contributed by atoms with Crippen molar-refractivity contribution in [3.63, 3.8) is 0 Å². The molecule has 1 amide bonds. The summed E-state index contributed by atoms with van der Waals surface area (Å²) in [6.07, 6.45) is 0.723. The van der Waals surface area contributed by atoms with E-state index in [4.69, 9.17) is 5.73 Å². The maximum Gasteiger partial charge on any atom is 0.255 e. The quantitative estimate of drug-likeness (QED) is 0.902.